The molecule has 0 radical (unpaired) electrons. The molecule has 90 heavy (non-hydrogen) atoms. The van der Waals surface area contributed by atoms with Crippen molar-refractivity contribution in [1.82, 2.24) is 0 Å². The van der Waals surface area contributed by atoms with Crippen molar-refractivity contribution in [1.29, 1.82) is 0 Å². The van der Waals surface area contributed by atoms with E-state index in [1.165, 1.54) is 167 Å². The summed E-state index contributed by atoms with van der Waals surface area (Å²) in [6.07, 6.45) is 48.7. The molecule has 0 aromatic heterocycles. The fourth-order valence-electron chi connectivity index (χ4n) is 10.8. The lowest BCUT2D eigenvalue weighted by Crippen LogP contribution is -2.30. The highest BCUT2D eigenvalue weighted by Gasteiger charge is 2.30. The number of ether oxygens (including phenoxy) is 4. The third-order valence-electron chi connectivity index (χ3n) is 16.5. The zero-order chi connectivity index (χ0) is 66.5. The van der Waals surface area contributed by atoms with E-state index in [4.69, 9.17) is 37.0 Å². The van der Waals surface area contributed by atoms with Crippen LogP contribution in [-0.4, -0.2) is 96.7 Å². The van der Waals surface area contributed by atoms with Crippen LogP contribution in [0.25, 0.3) is 0 Å². The number of aliphatic hydroxyl groups is 1. The molecule has 0 saturated carbocycles. The molecule has 19 heteroatoms. The van der Waals surface area contributed by atoms with Gasteiger partial charge in [-0.1, -0.05) is 311 Å². The summed E-state index contributed by atoms with van der Waals surface area (Å²) >= 11 is 0. The maximum atomic E-state index is 13.0. The van der Waals surface area contributed by atoms with Crippen LogP contribution in [0.5, 0.6) is 0 Å². The van der Waals surface area contributed by atoms with Crippen LogP contribution in [0.3, 0.4) is 0 Å². The molecule has 0 aromatic rings. The maximum Gasteiger partial charge on any atom is 0.472 e. The number of hydrogen-bond acceptors (Lipinski definition) is 15. The number of aliphatic hydroxyl groups excluding tert-OH is 1. The molecule has 0 aliphatic carbocycles. The van der Waals surface area contributed by atoms with Crippen LogP contribution in [0.4, 0.5) is 0 Å². The molecule has 0 spiro atoms. The normalized spacial score (nSPS) is 14.1. The van der Waals surface area contributed by atoms with Crippen LogP contribution in [-0.2, 0) is 65.4 Å². The van der Waals surface area contributed by atoms with Gasteiger partial charge in [-0.15, -0.1) is 0 Å². The van der Waals surface area contributed by atoms with Gasteiger partial charge in [0, 0.05) is 25.7 Å². The Morgan fingerprint density at radius 2 is 0.511 bits per heavy atom. The Labute approximate surface area is 549 Å². The number of phosphoric acid groups is 2. The smallest absolute Gasteiger partial charge is 0.462 e. The first kappa shape index (κ1) is 88.1. The fourth-order valence-corrected chi connectivity index (χ4v) is 12.3. The lowest BCUT2D eigenvalue weighted by atomic mass is 10.0. The number of unbranched alkanes of at least 4 members (excludes halogenated alkanes) is 40. The standard InChI is InChI=1S/C71H138O17P2/c1-7-9-11-13-15-16-17-22-26-29-36-42-48-54-69(74)82-60-67(87-70(75)55-49-43-37-30-27-24-21-19-18-20-23-25-28-34-39-45-51-63(3)4)62-86-90(79,80)84-58-65(72)57-83-89(77,78)85-61-66(59-81-68(73)53-47-41-33-14-12-10-8-2)88-71(76)56-50-44-38-32-31-35-40-46-52-64(5)6/h63-67,72H,7-62H2,1-6H3,(H,77,78)(H,79,80)/t65-,66+,67+/m0/s1. The number of phosphoric ester groups is 2. The van der Waals surface area contributed by atoms with Gasteiger partial charge in [-0.3, -0.25) is 37.3 Å². The van der Waals surface area contributed by atoms with Crippen molar-refractivity contribution in [3.8, 4) is 0 Å². The third kappa shape index (κ3) is 64.8. The average Bonchev–Trinajstić information content (AvgIpc) is 2.89. The number of esters is 4. The second-order valence-corrected chi connectivity index (χ2v) is 29.5. The summed E-state index contributed by atoms with van der Waals surface area (Å²) in [5.74, 6) is -0.600. The molecule has 0 aromatic carbocycles. The second kappa shape index (κ2) is 63.1. The van der Waals surface area contributed by atoms with Crippen molar-refractivity contribution < 1.29 is 80.2 Å². The largest absolute Gasteiger partial charge is 0.472 e. The van der Waals surface area contributed by atoms with Gasteiger partial charge in [0.1, 0.15) is 19.3 Å². The van der Waals surface area contributed by atoms with Crippen molar-refractivity contribution >= 4 is 39.5 Å². The molecule has 0 aliphatic heterocycles. The Hall–Kier alpha value is -1.94. The number of carbonyl (C=O) groups is 4. The summed E-state index contributed by atoms with van der Waals surface area (Å²) < 4.78 is 68.2. The highest BCUT2D eigenvalue weighted by atomic mass is 31.2. The van der Waals surface area contributed by atoms with E-state index in [0.29, 0.717) is 25.7 Å². The Morgan fingerprint density at radius 1 is 0.300 bits per heavy atom. The minimum absolute atomic E-state index is 0.104. The summed E-state index contributed by atoms with van der Waals surface area (Å²) in [6.45, 7) is 9.50. The van der Waals surface area contributed by atoms with Gasteiger partial charge < -0.3 is 33.8 Å². The quantitative estimate of drug-likeness (QED) is 0.0222. The van der Waals surface area contributed by atoms with E-state index in [0.717, 1.165) is 115 Å². The summed E-state index contributed by atoms with van der Waals surface area (Å²) in [6, 6.07) is 0. The van der Waals surface area contributed by atoms with Gasteiger partial charge in [0.15, 0.2) is 12.2 Å². The van der Waals surface area contributed by atoms with Crippen molar-refractivity contribution in [2.75, 3.05) is 39.6 Å². The Balaban J connectivity index is 5.18. The Bertz CT molecular complexity index is 1750. The second-order valence-electron chi connectivity index (χ2n) is 26.6. The molecule has 534 valence electrons. The number of rotatable bonds is 70. The van der Waals surface area contributed by atoms with Gasteiger partial charge in [0.25, 0.3) is 0 Å². The summed E-state index contributed by atoms with van der Waals surface area (Å²) in [4.78, 5) is 72.4. The molecule has 0 saturated heterocycles. The zero-order valence-electron chi connectivity index (χ0n) is 58.4. The molecule has 0 bridgehead atoms. The van der Waals surface area contributed by atoms with Gasteiger partial charge in [0.2, 0.25) is 0 Å². The van der Waals surface area contributed by atoms with Crippen LogP contribution in [0, 0.1) is 11.8 Å². The average molecular weight is 1330 g/mol. The molecular weight excluding hydrogens is 1190 g/mol. The molecule has 2 unspecified atom stereocenters. The van der Waals surface area contributed by atoms with Crippen LogP contribution >= 0.6 is 15.6 Å². The molecule has 5 atom stereocenters. The molecule has 0 amide bonds. The highest BCUT2D eigenvalue weighted by molar-refractivity contribution is 7.47. The SMILES string of the molecule is CCCCCCCCCCCCCCCC(=O)OC[C@H](COP(=O)(O)OC[C@@H](O)COP(=O)(O)OC[C@@H](COC(=O)CCCCCCCCC)OC(=O)CCCCCCCCCCC(C)C)OC(=O)CCCCCCCCCCCCCCCCCCC(C)C. The first-order valence-electron chi connectivity index (χ1n) is 37.0. The molecule has 0 heterocycles. The number of carbonyl (C=O) groups excluding carboxylic acids is 4. The molecular formula is C71H138O17P2. The van der Waals surface area contributed by atoms with Crippen molar-refractivity contribution in [3.63, 3.8) is 0 Å². The minimum Gasteiger partial charge on any atom is -0.462 e. The van der Waals surface area contributed by atoms with Gasteiger partial charge in [-0.2, -0.15) is 0 Å². The molecule has 3 N–H and O–H groups in total. The van der Waals surface area contributed by atoms with E-state index in [1.54, 1.807) is 0 Å². The van der Waals surface area contributed by atoms with Crippen molar-refractivity contribution in [3.05, 3.63) is 0 Å². The molecule has 0 rings (SSSR count). The third-order valence-corrected chi connectivity index (χ3v) is 18.4. The molecule has 0 aliphatic rings. The summed E-state index contributed by atoms with van der Waals surface area (Å²) in [5.41, 5.74) is 0. The maximum absolute atomic E-state index is 13.0. The summed E-state index contributed by atoms with van der Waals surface area (Å²) in [7, 11) is -9.90. The van der Waals surface area contributed by atoms with Gasteiger partial charge in [-0.05, 0) is 37.5 Å². The lowest BCUT2D eigenvalue weighted by molar-refractivity contribution is -0.161. The van der Waals surface area contributed by atoms with Crippen molar-refractivity contribution in [2.45, 2.75) is 381 Å². The van der Waals surface area contributed by atoms with Crippen LogP contribution in [0.1, 0.15) is 363 Å². The minimum atomic E-state index is -4.95. The Kier molecular flexibility index (Phi) is 61.8. The molecule has 17 nitrogen and oxygen atoms in total. The van der Waals surface area contributed by atoms with Crippen LogP contribution in [0.2, 0.25) is 0 Å². The van der Waals surface area contributed by atoms with E-state index in [1.807, 2.05) is 0 Å². The highest BCUT2D eigenvalue weighted by Crippen LogP contribution is 2.45. The lowest BCUT2D eigenvalue weighted by Gasteiger charge is -2.21. The van der Waals surface area contributed by atoms with E-state index >= 15 is 0 Å². The predicted octanol–water partition coefficient (Wildman–Crippen LogP) is 20.4. The van der Waals surface area contributed by atoms with Crippen LogP contribution in [0.15, 0.2) is 0 Å². The first-order chi connectivity index (χ1) is 43.4. The van der Waals surface area contributed by atoms with Gasteiger partial charge >= 0.3 is 39.5 Å². The van der Waals surface area contributed by atoms with Gasteiger partial charge in [0.05, 0.1) is 26.4 Å². The topological polar surface area (TPSA) is 237 Å². The van der Waals surface area contributed by atoms with Crippen molar-refractivity contribution in [2.24, 2.45) is 11.8 Å². The van der Waals surface area contributed by atoms with Crippen LogP contribution < -0.4 is 0 Å². The monoisotopic (exact) mass is 1320 g/mol. The number of hydrogen-bond donors (Lipinski definition) is 3. The summed E-state index contributed by atoms with van der Waals surface area (Å²) in [5, 5.41) is 10.6. The van der Waals surface area contributed by atoms with Gasteiger partial charge in [-0.25, -0.2) is 9.13 Å². The zero-order valence-corrected chi connectivity index (χ0v) is 60.2. The van der Waals surface area contributed by atoms with E-state index in [2.05, 4.69) is 41.5 Å². The van der Waals surface area contributed by atoms with E-state index < -0.39 is 97.5 Å². The van der Waals surface area contributed by atoms with E-state index in [9.17, 15) is 43.2 Å². The first-order valence-corrected chi connectivity index (χ1v) is 40.0. The Morgan fingerprint density at radius 3 is 0.756 bits per heavy atom. The van der Waals surface area contributed by atoms with E-state index in [-0.39, 0.29) is 25.7 Å². The fraction of sp³-hybridized carbons (Fsp3) is 0.944. The predicted molar refractivity (Wildman–Crippen MR) is 363 cm³/mol. The molecule has 0 fully saturated rings.